The van der Waals surface area contributed by atoms with Gasteiger partial charge in [-0.3, -0.25) is 14.4 Å². The zero-order valence-corrected chi connectivity index (χ0v) is 15.6. The Morgan fingerprint density at radius 1 is 1.18 bits per heavy atom. The molecule has 1 atom stereocenters. The molecule has 2 aromatic carbocycles. The van der Waals surface area contributed by atoms with Gasteiger partial charge in [-0.1, -0.05) is 24.3 Å². The van der Waals surface area contributed by atoms with Crippen molar-refractivity contribution in [3.63, 3.8) is 0 Å². The monoisotopic (exact) mass is 382 g/mol. The van der Waals surface area contributed by atoms with Crippen molar-refractivity contribution >= 4 is 17.8 Å². The van der Waals surface area contributed by atoms with E-state index in [4.69, 9.17) is 10.5 Å². The van der Waals surface area contributed by atoms with Gasteiger partial charge in [0.2, 0.25) is 0 Å². The highest BCUT2D eigenvalue weighted by atomic mass is 16.5. The number of carboxylic acid groups (broad SMARTS) is 1. The molecule has 0 radical (unpaired) electrons. The Morgan fingerprint density at radius 2 is 1.93 bits per heavy atom. The minimum Gasteiger partial charge on any atom is -0.488 e. The number of nitrogens with two attached hydrogens (primary N) is 1. The molecule has 1 fully saturated rings. The minimum atomic E-state index is -0.908. The van der Waals surface area contributed by atoms with Crippen LogP contribution in [0.25, 0.3) is 0 Å². The predicted octanol–water partition coefficient (Wildman–Crippen LogP) is 2.30. The lowest BCUT2D eigenvalue weighted by Crippen LogP contribution is -2.34. The maximum absolute atomic E-state index is 12.8. The van der Waals surface area contributed by atoms with Crippen LogP contribution in [-0.2, 0) is 11.4 Å². The summed E-state index contributed by atoms with van der Waals surface area (Å²) in [6.07, 6.45) is 0.431. The van der Waals surface area contributed by atoms with Crippen molar-refractivity contribution in [3.8, 4) is 5.75 Å². The third-order valence-electron chi connectivity index (χ3n) is 5.00. The van der Waals surface area contributed by atoms with E-state index in [2.05, 4.69) is 0 Å². The summed E-state index contributed by atoms with van der Waals surface area (Å²) in [5, 5.41) is 9.34. The molecule has 1 aliphatic rings. The number of primary amides is 1. The van der Waals surface area contributed by atoms with Gasteiger partial charge in [0, 0.05) is 18.7 Å². The standard InChI is InChI=1S/C21H22N2O5/c1-21(20(26)27)9-10-23(13-21)19(25)15-6-4-5-14(11-15)12-28-17-8-3-2-7-16(17)18(22)24/h2-8,11H,9-10,12-13H2,1H3,(H2,22,24)(H,26,27)/t21-/m1/s1. The highest BCUT2D eigenvalue weighted by molar-refractivity contribution is 5.96. The molecule has 1 aliphatic heterocycles. The summed E-state index contributed by atoms with van der Waals surface area (Å²) in [7, 11) is 0. The quantitative estimate of drug-likeness (QED) is 0.797. The molecule has 7 nitrogen and oxygen atoms in total. The average Bonchev–Trinajstić information content (AvgIpc) is 3.10. The Morgan fingerprint density at radius 3 is 2.61 bits per heavy atom. The molecule has 28 heavy (non-hydrogen) atoms. The maximum Gasteiger partial charge on any atom is 0.311 e. The number of carboxylic acids is 1. The zero-order valence-electron chi connectivity index (χ0n) is 15.6. The molecule has 0 bridgehead atoms. The second kappa shape index (κ2) is 7.72. The lowest BCUT2D eigenvalue weighted by Gasteiger charge is -2.20. The molecule has 0 spiro atoms. The second-order valence-electron chi connectivity index (χ2n) is 7.19. The lowest BCUT2D eigenvalue weighted by molar-refractivity contribution is -0.147. The van der Waals surface area contributed by atoms with E-state index in [-0.39, 0.29) is 19.1 Å². The van der Waals surface area contributed by atoms with Gasteiger partial charge < -0.3 is 20.5 Å². The number of para-hydroxylation sites is 1. The van der Waals surface area contributed by atoms with Gasteiger partial charge in [0.15, 0.2) is 0 Å². The average molecular weight is 382 g/mol. The van der Waals surface area contributed by atoms with Crippen LogP contribution in [0.3, 0.4) is 0 Å². The second-order valence-corrected chi connectivity index (χ2v) is 7.19. The fourth-order valence-corrected chi connectivity index (χ4v) is 3.24. The number of hydrogen-bond donors (Lipinski definition) is 2. The fraction of sp³-hybridized carbons (Fsp3) is 0.286. The van der Waals surface area contributed by atoms with E-state index in [9.17, 15) is 19.5 Å². The molecule has 3 N–H and O–H groups in total. The molecule has 2 amide bonds. The number of benzene rings is 2. The van der Waals surface area contributed by atoms with Gasteiger partial charge >= 0.3 is 5.97 Å². The van der Waals surface area contributed by atoms with Gasteiger partial charge in [0.05, 0.1) is 11.0 Å². The lowest BCUT2D eigenvalue weighted by atomic mass is 9.90. The first-order valence-corrected chi connectivity index (χ1v) is 8.93. The molecule has 0 unspecified atom stereocenters. The third-order valence-corrected chi connectivity index (χ3v) is 5.00. The van der Waals surface area contributed by atoms with E-state index in [0.29, 0.717) is 29.8 Å². The number of amides is 2. The van der Waals surface area contributed by atoms with Crippen molar-refractivity contribution in [2.24, 2.45) is 11.1 Å². The molecular weight excluding hydrogens is 360 g/mol. The fourth-order valence-electron chi connectivity index (χ4n) is 3.24. The highest BCUT2D eigenvalue weighted by Crippen LogP contribution is 2.31. The number of hydrogen-bond acceptors (Lipinski definition) is 4. The summed E-state index contributed by atoms with van der Waals surface area (Å²) in [5.41, 5.74) is 5.96. The Labute approximate surface area is 162 Å². The summed E-state index contributed by atoms with van der Waals surface area (Å²) in [4.78, 5) is 37.2. The van der Waals surface area contributed by atoms with Gasteiger partial charge in [-0.05, 0) is 43.2 Å². The summed E-state index contributed by atoms with van der Waals surface area (Å²) in [5.74, 6) is -1.29. The van der Waals surface area contributed by atoms with Crippen LogP contribution in [0.5, 0.6) is 5.75 Å². The van der Waals surface area contributed by atoms with Crippen molar-refractivity contribution in [1.29, 1.82) is 0 Å². The third kappa shape index (κ3) is 3.98. The van der Waals surface area contributed by atoms with E-state index >= 15 is 0 Å². The van der Waals surface area contributed by atoms with E-state index in [0.717, 1.165) is 5.56 Å². The van der Waals surface area contributed by atoms with Crippen LogP contribution in [0.1, 0.15) is 39.6 Å². The molecule has 3 rings (SSSR count). The van der Waals surface area contributed by atoms with Gasteiger partial charge in [-0.2, -0.15) is 0 Å². The molecule has 0 saturated carbocycles. The first kappa shape index (κ1) is 19.4. The van der Waals surface area contributed by atoms with Crippen LogP contribution in [0.2, 0.25) is 0 Å². The van der Waals surface area contributed by atoms with E-state index in [1.54, 1.807) is 54.3 Å². The molecular formula is C21H22N2O5. The topological polar surface area (TPSA) is 110 Å². The first-order valence-electron chi connectivity index (χ1n) is 8.93. The van der Waals surface area contributed by atoms with Gasteiger partial charge in [-0.15, -0.1) is 0 Å². The highest BCUT2D eigenvalue weighted by Gasteiger charge is 2.42. The van der Waals surface area contributed by atoms with Crippen LogP contribution >= 0.6 is 0 Å². The normalized spacial score (nSPS) is 18.7. The number of nitrogens with zero attached hydrogens (tertiary/aromatic N) is 1. The van der Waals surface area contributed by atoms with Crippen LogP contribution < -0.4 is 10.5 Å². The Bertz CT molecular complexity index is 927. The molecule has 0 aromatic heterocycles. The Kier molecular flexibility index (Phi) is 5.35. The van der Waals surface area contributed by atoms with Crippen LogP contribution in [0, 0.1) is 5.41 Å². The molecule has 1 saturated heterocycles. The van der Waals surface area contributed by atoms with Gasteiger partial charge in [0.25, 0.3) is 11.8 Å². The maximum atomic E-state index is 12.8. The number of likely N-dealkylation sites (tertiary alicyclic amines) is 1. The van der Waals surface area contributed by atoms with Crippen molar-refractivity contribution in [3.05, 3.63) is 65.2 Å². The smallest absolute Gasteiger partial charge is 0.311 e. The molecule has 1 heterocycles. The van der Waals surface area contributed by atoms with Gasteiger partial charge in [0.1, 0.15) is 12.4 Å². The van der Waals surface area contributed by atoms with Crippen molar-refractivity contribution in [2.45, 2.75) is 20.0 Å². The summed E-state index contributed by atoms with van der Waals surface area (Å²) in [6.45, 7) is 2.42. The van der Waals surface area contributed by atoms with Crippen LogP contribution in [0.4, 0.5) is 0 Å². The number of rotatable bonds is 6. The molecule has 0 aliphatic carbocycles. The number of carbonyl (C=O) groups is 3. The van der Waals surface area contributed by atoms with Crippen LogP contribution in [0.15, 0.2) is 48.5 Å². The summed E-state index contributed by atoms with van der Waals surface area (Å²) < 4.78 is 5.71. The number of ether oxygens (including phenoxy) is 1. The van der Waals surface area contributed by atoms with E-state index in [1.807, 2.05) is 6.07 Å². The van der Waals surface area contributed by atoms with Crippen LogP contribution in [-0.4, -0.2) is 40.9 Å². The van der Waals surface area contributed by atoms with Crippen molar-refractivity contribution in [2.75, 3.05) is 13.1 Å². The number of carbonyl (C=O) groups excluding carboxylic acids is 2. The minimum absolute atomic E-state index is 0.165. The molecule has 146 valence electrons. The largest absolute Gasteiger partial charge is 0.488 e. The first-order chi connectivity index (χ1) is 13.3. The summed E-state index contributed by atoms with van der Waals surface area (Å²) in [6, 6.07) is 13.7. The van der Waals surface area contributed by atoms with Gasteiger partial charge in [-0.25, -0.2) is 0 Å². The Hall–Kier alpha value is -3.35. The number of aliphatic carboxylic acids is 1. The predicted molar refractivity (Wildman–Crippen MR) is 102 cm³/mol. The summed E-state index contributed by atoms with van der Waals surface area (Å²) >= 11 is 0. The molecule has 2 aromatic rings. The van der Waals surface area contributed by atoms with Crippen molar-refractivity contribution < 1.29 is 24.2 Å². The SMILES string of the molecule is C[C@@]1(C(=O)O)CCN(C(=O)c2cccc(COc3ccccc3C(N)=O)c2)C1. The van der Waals surface area contributed by atoms with Crippen molar-refractivity contribution in [1.82, 2.24) is 4.90 Å². The van der Waals surface area contributed by atoms with E-state index < -0.39 is 17.3 Å². The zero-order chi connectivity index (χ0) is 20.3. The molecule has 7 heteroatoms. The Balaban J connectivity index is 1.70. The van der Waals surface area contributed by atoms with E-state index in [1.165, 1.54) is 0 Å².